The van der Waals surface area contributed by atoms with E-state index in [1.165, 1.54) is 0 Å². The van der Waals surface area contributed by atoms with E-state index in [1.54, 1.807) is 7.11 Å². The predicted molar refractivity (Wildman–Crippen MR) is 86.9 cm³/mol. The van der Waals surface area contributed by atoms with Crippen molar-refractivity contribution < 1.29 is 9.26 Å². The Hall–Kier alpha value is -1.56. The molecular formula is C16H28N4O2. The zero-order valence-corrected chi connectivity index (χ0v) is 14.5. The van der Waals surface area contributed by atoms with Crippen molar-refractivity contribution in [3.05, 3.63) is 17.0 Å². The van der Waals surface area contributed by atoms with Crippen LogP contribution in [-0.2, 0) is 11.3 Å². The third kappa shape index (κ3) is 3.27. The average Bonchev–Trinajstić information content (AvgIpc) is 2.79. The van der Waals surface area contributed by atoms with E-state index in [0.717, 1.165) is 35.9 Å². The zero-order chi connectivity index (χ0) is 16.3. The van der Waals surface area contributed by atoms with Gasteiger partial charge in [0, 0.05) is 30.7 Å². The minimum Gasteiger partial charge on any atom is -0.381 e. The lowest BCUT2D eigenvalue weighted by Crippen LogP contribution is -2.63. The Morgan fingerprint density at radius 3 is 2.68 bits per heavy atom. The summed E-state index contributed by atoms with van der Waals surface area (Å²) in [6.07, 6.45) is 1.30. The number of nitrogens with zero attached hydrogens (tertiary/aromatic N) is 2. The molecule has 22 heavy (non-hydrogen) atoms. The quantitative estimate of drug-likeness (QED) is 0.644. The van der Waals surface area contributed by atoms with E-state index in [2.05, 4.69) is 41.6 Å². The first-order valence-corrected chi connectivity index (χ1v) is 7.89. The first-order chi connectivity index (χ1) is 10.4. The number of aryl methyl sites for hydroxylation is 2. The molecule has 2 rings (SSSR count). The molecule has 0 aliphatic heterocycles. The van der Waals surface area contributed by atoms with Gasteiger partial charge in [-0.15, -0.1) is 0 Å². The maximum absolute atomic E-state index is 5.50. The van der Waals surface area contributed by atoms with Gasteiger partial charge in [0.15, 0.2) is 5.96 Å². The van der Waals surface area contributed by atoms with Gasteiger partial charge in [0.25, 0.3) is 0 Å². The third-order valence-corrected chi connectivity index (χ3v) is 4.69. The van der Waals surface area contributed by atoms with Crippen molar-refractivity contribution in [1.29, 1.82) is 0 Å². The monoisotopic (exact) mass is 308 g/mol. The van der Waals surface area contributed by atoms with Crippen LogP contribution in [-0.4, -0.2) is 36.9 Å². The molecule has 1 aliphatic carbocycles. The highest BCUT2D eigenvalue weighted by molar-refractivity contribution is 5.80. The molecule has 2 N–H and O–H groups in total. The van der Waals surface area contributed by atoms with Gasteiger partial charge in [0.05, 0.1) is 18.3 Å². The molecular weight excluding hydrogens is 280 g/mol. The molecule has 1 aromatic rings. The molecule has 124 valence electrons. The molecule has 1 heterocycles. The highest BCUT2D eigenvalue weighted by Crippen LogP contribution is 2.42. The largest absolute Gasteiger partial charge is 0.381 e. The van der Waals surface area contributed by atoms with Gasteiger partial charge in [-0.2, -0.15) is 0 Å². The van der Waals surface area contributed by atoms with E-state index in [-0.39, 0.29) is 5.41 Å². The lowest BCUT2D eigenvalue weighted by atomic mass is 9.64. The molecule has 1 aromatic heterocycles. The molecule has 0 spiro atoms. The molecule has 0 saturated heterocycles. The van der Waals surface area contributed by atoms with Gasteiger partial charge in [0.2, 0.25) is 0 Å². The van der Waals surface area contributed by atoms with Crippen LogP contribution in [0.4, 0.5) is 0 Å². The average molecular weight is 308 g/mol. The molecule has 2 atom stereocenters. The van der Waals surface area contributed by atoms with E-state index in [1.807, 2.05) is 13.8 Å². The van der Waals surface area contributed by atoms with Crippen LogP contribution >= 0.6 is 0 Å². The fourth-order valence-corrected chi connectivity index (χ4v) is 2.90. The van der Waals surface area contributed by atoms with E-state index in [9.17, 15) is 0 Å². The van der Waals surface area contributed by atoms with Gasteiger partial charge in [-0.1, -0.05) is 19.0 Å². The minimum atomic E-state index is 0.105. The maximum Gasteiger partial charge on any atom is 0.191 e. The molecule has 2 unspecified atom stereocenters. The summed E-state index contributed by atoms with van der Waals surface area (Å²) < 4.78 is 10.7. The van der Waals surface area contributed by atoms with Crippen LogP contribution < -0.4 is 10.6 Å². The van der Waals surface area contributed by atoms with Gasteiger partial charge in [0.1, 0.15) is 5.76 Å². The summed E-state index contributed by atoms with van der Waals surface area (Å²) in [5, 5.41) is 10.8. The smallest absolute Gasteiger partial charge is 0.191 e. The Kier molecular flexibility index (Phi) is 5.11. The third-order valence-electron chi connectivity index (χ3n) is 4.69. The number of ether oxygens (including phenoxy) is 1. The molecule has 1 aliphatic rings. The van der Waals surface area contributed by atoms with E-state index in [4.69, 9.17) is 9.26 Å². The summed E-state index contributed by atoms with van der Waals surface area (Å²) in [6, 6.07) is 0.361. The number of aromatic nitrogens is 1. The lowest BCUT2D eigenvalue weighted by Gasteiger charge is -2.51. The lowest BCUT2D eigenvalue weighted by molar-refractivity contribution is -0.0922. The van der Waals surface area contributed by atoms with Crippen LogP contribution in [0, 0.1) is 19.3 Å². The molecule has 0 aromatic carbocycles. The summed E-state index contributed by atoms with van der Waals surface area (Å²) in [4.78, 5) is 4.67. The first kappa shape index (κ1) is 16.8. The van der Waals surface area contributed by atoms with Gasteiger partial charge in [-0.25, -0.2) is 4.99 Å². The summed E-state index contributed by atoms with van der Waals surface area (Å²) in [7, 11) is 1.78. The number of guanidine groups is 1. The van der Waals surface area contributed by atoms with Crippen molar-refractivity contribution >= 4 is 5.96 Å². The number of aliphatic imine (C=N–C) groups is 1. The summed E-state index contributed by atoms with van der Waals surface area (Å²) in [5.74, 6) is 1.66. The van der Waals surface area contributed by atoms with Crippen LogP contribution in [0.25, 0.3) is 0 Å². The predicted octanol–water partition coefficient (Wildman–Crippen LogP) is 2.16. The fraction of sp³-hybridized carbons (Fsp3) is 0.750. The van der Waals surface area contributed by atoms with E-state index in [0.29, 0.717) is 18.7 Å². The van der Waals surface area contributed by atoms with E-state index >= 15 is 0 Å². The van der Waals surface area contributed by atoms with Crippen molar-refractivity contribution in [2.45, 2.75) is 59.7 Å². The number of nitrogens with one attached hydrogen (secondary N) is 2. The second-order valence-electron chi connectivity index (χ2n) is 6.48. The summed E-state index contributed by atoms with van der Waals surface area (Å²) in [5.41, 5.74) is 2.06. The van der Waals surface area contributed by atoms with Gasteiger partial charge >= 0.3 is 0 Å². The number of hydrogen-bond acceptors (Lipinski definition) is 4. The molecule has 1 saturated carbocycles. The molecule has 1 fully saturated rings. The van der Waals surface area contributed by atoms with Gasteiger partial charge in [-0.05, 0) is 27.2 Å². The van der Waals surface area contributed by atoms with Gasteiger partial charge in [-0.3, -0.25) is 0 Å². The van der Waals surface area contributed by atoms with Crippen LogP contribution in [0.1, 0.15) is 44.2 Å². The first-order valence-electron chi connectivity index (χ1n) is 7.89. The Balaban J connectivity index is 2.03. The Morgan fingerprint density at radius 1 is 1.45 bits per heavy atom. The molecule has 6 heteroatoms. The van der Waals surface area contributed by atoms with Gasteiger partial charge < -0.3 is 19.9 Å². The SMILES string of the molecule is CCNC(=NCc1c(C)noc1C)NC1CC(OC)C1(C)C. The maximum atomic E-state index is 5.50. The topological polar surface area (TPSA) is 71.7 Å². The normalized spacial score (nSPS) is 24.0. The Labute approximate surface area is 132 Å². The van der Waals surface area contributed by atoms with Crippen molar-refractivity contribution in [2.75, 3.05) is 13.7 Å². The molecule has 0 radical (unpaired) electrons. The fourth-order valence-electron chi connectivity index (χ4n) is 2.90. The molecule has 0 amide bonds. The highest BCUT2D eigenvalue weighted by atomic mass is 16.5. The number of hydrogen-bond donors (Lipinski definition) is 2. The van der Waals surface area contributed by atoms with Crippen LogP contribution in [0.5, 0.6) is 0 Å². The minimum absolute atomic E-state index is 0.105. The second kappa shape index (κ2) is 6.69. The standard InChI is InChI=1S/C16H28N4O2/c1-7-17-15(18-9-12-10(2)20-22-11(12)3)19-13-8-14(21-6)16(13,4)5/h13-14H,7-9H2,1-6H3,(H2,17,18,19). The highest BCUT2D eigenvalue weighted by Gasteiger charge is 2.48. The number of methoxy groups -OCH3 is 1. The van der Waals surface area contributed by atoms with E-state index < -0.39 is 0 Å². The zero-order valence-electron chi connectivity index (χ0n) is 14.5. The Morgan fingerprint density at radius 2 is 2.18 bits per heavy atom. The number of rotatable bonds is 5. The van der Waals surface area contributed by atoms with Crippen molar-refractivity contribution in [3.8, 4) is 0 Å². The van der Waals surface area contributed by atoms with Crippen molar-refractivity contribution in [2.24, 2.45) is 10.4 Å². The molecule has 6 nitrogen and oxygen atoms in total. The van der Waals surface area contributed by atoms with Crippen molar-refractivity contribution in [1.82, 2.24) is 15.8 Å². The van der Waals surface area contributed by atoms with Crippen LogP contribution in [0.3, 0.4) is 0 Å². The van der Waals surface area contributed by atoms with Crippen LogP contribution in [0.2, 0.25) is 0 Å². The molecule has 0 bridgehead atoms. The van der Waals surface area contributed by atoms with Crippen LogP contribution in [0.15, 0.2) is 9.52 Å². The Bertz CT molecular complexity index is 517. The van der Waals surface area contributed by atoms with Crippen molar-refractivity contribution in [3.63, 3.8) is 0 Å². The summed E-state index contributed by atoms with van der Waals surface area (Å²) >= 11 is 0. The summed E-state index contributed by atoms with van der Waals surface area (Å²) in [6.45, 7) is 11.8. The second-order valence-corrected chi connectivity index (χ2v) is 6.48.